The summed E-state index contributed by atoms with van der Waals surface area (Å²) in [6.07, 6.45) is 1.66. The maximum absolute atomic E-state index is 11.2. The molecule has 0 saturated carbocycles. The number of hydrogen-bond acceptors (Lipinski definition) is 6. The van der Waals surface area contributed by atoms with Gasteiger partial charge in [-0.25, -0.2) is 4.79 Å². The van der Waals surface area contributed by atoms with Crippen LogP contribution in [0.5, 0.6) is 0 Å². The summed E-state index contributed by atoms with van der Waals surface area (Å²) in [5.74, 6) is -0.380. The van der Waals surface area contributed by atoms with E-state index in [1.807, 2.05) is 6.92 Å². The van der Waals surface area contributed by atoms with E-state index in [1.165, 1.54) is 0 Å². The van der Waals surface area contributed by atoms with Crippen molar-refractivity contribution in [2.75, 3.05) is 6.61 Å². The Labute approximate surface area is 87.8 Å². The van der Waals surface area contributed by atoms with Gasteiger partial charge >= 0.3 is 5.97 Å². The first-order valence-corrected chi connectivity index (χ1v) is 4.95. The molecule has 0 aliphatic rings. The van der Waals surface area contributed by atoms with Crippen molar-refractivity contribution < 1.29 is 14.1 Å². The highest BCUT2D eigenvalue weighted by atomic mass is 16.5. The number of esters is 1. The molecule has 0 bridgehead atoms. The summed E-state index contributed by atoms with van der Waals surface area (Å²) in [5, 5.41) is 3.50. The second-order valence-electron chi connectivity index (χ2n) is 3.07. The molecule has 1 aromatic heterocycles. The van der Waals surface area contributed by atoms with Crippen LogP contribution in [0, 0.1) is 0 Å². The lowest BCUT2D eigenvalue weighted by Gasteiger charge is -2.01. The van der Waals surface area contributed by atoms with Gasteiger partial charge in [0.2, 0.25) is 5.89 Å². The van der Waals surface area contributed by atoms with Crippen LogP contribution in [0.15, 0.2) is 4.52 Å². The van der Waals surface area contributed by atoms with Crippen LogP contribution in [0.4, 0.5) is 0 Å². The van der Waals surface area contributed by atoms with Gasteiger partial charge in [0.25, 0.3) is 5.82 Å². The Morgan fingerprint density at radius 3 is 2.93 bits per heavy atom. The molecule has 1 atom stereocenters. The smallest absolute Gasteiger partial charge is 0.379 e. The zero-order valence-corrected chi connectivity index (χ0v) is 8.90. The van der Waals surface area contributed by atoms with Crippen LogP contribution in [-0.4, -0.2) is 22.7 Å². The van der Waals surface area contributed by atoms with Gasteiger partial charge in [-0.2, -0.15) is 4.98 Å². The molecule has 0 amide bonds. The van der Waals surface area contributed by atoms with E-state index in [2.05, 4.69) is 10.1 Å². The van der Waals surface area contributed by atoms with Crippen LogP contribution in [0.25, 0.3) is 0 Å². The van der Waals surface area contributed by atoms with E-state index >= 15 is 0 Å². The van der Waals surface area contributed by atoms with Crippen molar-refractivity contribution in [3.05, 3.63) is 11.7 Å². The lowest BCUT2D eigenvalue weighted by Crippen LogP contribution is -2.11. The monoisotopic (exact) mass is 213 g/mol. The van der Waals surface area contributed by atoms with E-state index in [0.717, 1.165) is 12.8 Å². The van der Waals surface area contributed by atoms with Gasteiger partial charge in [0.1, 0.15) is 0 Å². The zero-order valence-electron chi connectivity index (χ0n) is 8.90. The fourth-order valence-electron chi connectivity index (χ4n) is 1.10. The molecular weight excluding hydrogens is 198 g/mol. The molecule has 1 unspecified atom stereocenters. The maximum atomic E-state index is 11.2. The lowest BCUT2D eigenvalue weighted by molar-refractivity contribution is 0.0508. The summed E-state index contributed by atoms with van der Waals surface area (Å²) in [5.41, 5.74) is 5.74. The third-order valence-electron chi connectivity index (χ3n) is 1.82. The van der Waals surface area contributed by atoms with E-state index in [1.54, 1.807) is 6.92 Å². The van der Waals surface area contributed by atoms with Crippen molar-refractivity contribution in [3.8, 4) is 0 Å². The highest BCUT2D eigenvalue weighted by Crippen LogP contribution is 2.13. The zero-order chi connectivity index (χ0) is 11.3. The molecule has 15 heavy (non-hydrogen) atoms. The summed E-state index contributed by atoms with van der Waals surface area (Å²) in [4.78, 5) is 15.1. The summed E-state index contributed by atoms with van der Waals surface area (Å²) >= 11 is 0. The quantitative estimate of drug-likeness (QED) is 0.735. The van der Waals surface area contributed by atoms with Gasteiger partial charge in [0, 0.05) is 0 Å². The van der Waals surface area contributed by atoms with Gasteiger partial charge in [-0.15, -0.1) is 0 Å². The Kier molecular flexibility index (Phi) is 4.23. The molecule has 0 radical (unpaired) electrons. The van der Waals surface area contributed by atoms with Crippen LogP contribution in [0.3, 0.4) is 0 Å². The first-order chi connectivity index (χ1) is 7.19. The molecule has 1 rings (SSSR count). The molecule has 84 valence electrons. The summed E-state index contributed by atoms with van der Waals surface area (Å²) in [6, 6.07) is -0.314. The minimum Gasteiger partial charge on any atom is -0.460 e. The molecule has 1 heterocycles. The third-order valence-corrected chi connectivity index (χ3v) is 1.82. The SMILES string of the molecule is CCCC(N)c1nc(C(=O)OCC)no1. The average molecular weight is 213 g/mol. The first kappa shape index (κ1) is 11.6. The molecule has 2 N–H and O–H groups in total. The van der Waals surface area contributed by atoms with Gasteiger partial charge in [0.05, 0.1) is 12.6 Å². The molecule has 0 aromatic carbocycles. The number of hydrogen-bond donors (Lipinski definition) is 1. The number of nitrogens with zero attached hydrogens (tertiary/aromatic N) is 2. The lowest BCUT2D eigenvalue weighted by atomic mass is 10.2. The maximum Gasteiger partial charge on any atom is 0.379 e. The van der Waals surface area contributed by atoms with Crippen LogP contribution in [-0.2, 0) is 4.74 Å². The second kappa shape index (κ2) is 5.45. The van der Waals surface area contributed by atoms with E-state index < -0.39 is 5.97 Å². The number of rotatable bonds is 5. The number of nitrogens with two attached hydrogens (primary N) is 1. The highest BCUT2D eigenvalue weighted by Gasteiger charge is 2.18. The highest BCUT2D eigenvalue weighted by molar-refractivity contribution is 5.84. The Hall–Kier alpha value is -1.43. The normalized spacial score (nSPS) is 12.5. The van der Waals surface area contributed by atoms with Crippen molar-refractivity contribution in [1.82, 2.24) is 10.1 Å². The number of aromatic nitrogens is 2. The Bertz CT molecular complexity index is 324. The minimum atomic E-state index is -0.587. The van der Waals surface area contributed by atoms with E-state index in [-0.39, 0.29) is 24.4 Å². The molecule has 1 aromatic rings. The Balaban J connectivity index is 2.67. The van der Waals surface area contributed by atoms with Crippen molar-refractivity contribution in [2.45, 2.75) is 32.7 Å². The van der Waals surface area contributed by atoms with Gasteiger partial charge in [0.15, 0.2) is 0 Å². The average Bonchev–Trinajstić information content (AvgIpc) is 2.67. The van der Waals surface area contributed by atoms with Gasteiger partial charge in [-0.1, -0.05) is 13.3 Å². The standard InChI is InChI=1S/C9H15N3O3/c1-3-5-6(10)8-11-7(12-15-8)9(13)14-4-2/h6H,3-5,10H2,1-2H3. The van der Waals surface area contributed by atoms with E-state index in [9.17, 15) is 4.79 Å². The van der Waals surface area contributed by atoms with Crippen LogP contribution < -0.4 is 5.73 Å². The molecule has 0 aliphatic carbocycles. The second-order valence-corrected chi connectivity index (χ2v) is 3.07. The third kappa shape index (κ3) is 3.02. The van der Waals surface area contributed by atoms with Crippen molar-refractivity contribution in [3.63, 3.8) is 0 Å². The molecule has 0 saturated heterocycles. The molecule has 6 heteroatoms. The van der Waals surface area contributed by atoms with Crippen LogP contribution >= 0.6 is 0 Å². The van der Waals surface area contributed by atoms with Crippen LogP contribution in [0.2, 0.25) is 0 Å². The van der Waals surface area contributed by atoms with Gasteiger partial charge < -0.3 is 15.0 Å². The largest absolute Gasteiger partial charge is 0.460 e. The van der Waals surface area contributed by atoms with E-state index in [4.69, 9.17) is 15.0 Å². The number of carbonyl (C=O) groups is 1. The summed E-state index contributed by atoms with van der Waals surface area (Å²) in [7, 11) is 0. The molecule has 0 spiro atoms. The predicted molar refractivity (Wildman–Crippen MR) is 52.1 cm³/mol. The summed E-state index contributed by atoms with van der Waals surface area (Å²) < 4.78 is 9.58. The van der Waals surface area contributed by atoms with Crippen molar-refractivity contribution >= 4 is 5.97 Å². The molecule has 0 aliphatic heterocycles. The van der Waals surface area contributed by atoms with Crippen LogP contribution in [0.1, 0.15) is 49.2 Å². The molecule has 6 nitrogen and oxygen atoms in total. The minimum absolute atomic E-state index is 0.0709. The summed E-state index contributed by atoms with van der Waals surface area (Å²) in [6.45, 7) is 3.99. The molecule has 0 fully saturated rings. The molecular formula is C9H15N3O3. The Morgan fingerprint density at radius 2 is 2.33 bits per heavy atom. The number of ether oxygens (including phenoxy) is 1. The first-order valence-electron chi connectivity index (χ1n) is 4.95. The number of carbonyl (C=O) groups excluding carboxylic acids is 1. The fraction of sp³-hybridized carbons (Fsp3) is 0.667. The fourth-order valence-corrected chi connectivity index (χ4v) is 1.10. The van der Waals surface area contributed by atoms with Gasteiger partial charge in [-0.05, 0) is 18.5 Å². The predicted octanol–water partition coefficient (Wildman–Crippen LogP) is 1.05. The van der Waals surface area contributed by atoms with Crippen molar-refractivity contribution in [2.24, 2.45) is 5.73 Å². The van der Waals surface area contributed by atoms with Crippen molar-refractivity contribution in [1.29, 1.82) is 0 Å². The topological polar surface area (TPSA) is 91.2 Å². The Morgan fingerprint density at radius 1 is 1.60 bits per heavy atom. The van der Waals surface area contributed by atoms with E-state index in [0.29, 0.717) is 0 Å². The van der Waals surface area contributed by atoms with Gasteiger partial charge in [-0.3, -0.25) is 0 Å².